The van der Waals surface area contributed by atoms with E-state index in [9.17, 15) is 9.90 Å². The van der Waals surface area contributed by atoms with Gasteiger partial charge in [-0.15, -0.1) is 0 Å². The fourth-order valence-electron chi connectivity index (χ4n) is 4.78. The SMILES string of the molecule is CN(C)[C@@H]1C[C@@H]2CN(C(=O)C3(Cn4ccnc4)CC3)C[C@@H]2C[C@H]1O. The Hall–Kier alpha value is -1.40. The first-order valence-electron chi connectivity index (χ1n) is 9.08. The molecular formula is C18H28N4O2. The average Bonchev–Trinajstić information content (AvgIpc) is 2.95. The number of nitrogens with zero attached hydrogens (tertiary/aromatic N) is 4. The summed E-state index contributed by atoms with van der Waals surface area (Å²) in [6, 6.07) is 0.224. The molecule has 132 valence electrons. The molecule has 0 spiro atoms. The minimum atomic E-state index is -0.267. The predicted molar refractivity (Wildman–Crippen MR) is 90.2 cm³/mol. The molecule has 24 heavy (non-hydrogen) atoms. The van der Waals surface area contributed by atoms with Crippen molar-refractivity contribution in [1.29, 1.82) is 0 Å². The molecule has 1 saturated heterocycles. The molecule has 1 amide bonds. The van der Waals surface area contributed by atoms with E-state index in [0.717, 1.165) is 45.3 Å². The number of likely N-dealkylation sites (tertiary alicyclic amines) is 1. The number of hydrogen-bond acceptors (Lipinski definition) is 4. The maximum atomic E-state index is 13.1. The summed E-state index contributed by atoms with van der Waals surface area (Å²) in [6.45, 7) is 2.44. The van der Waals surface area contributed by atoms with Crippen LogP contribution in [0, 0.1) is 17.3 Å². The van der Waals surface area contributed by atoms with Gasteiger partial charge in [-0.25, -0.2) is 4.98 Å². The van der Waals surface area contributed by atoms with Crippen LogP contribution in [0.4, 0.5) is 0 Å². The highest BCUT2D eigenvalue weighted by Crippen LogP contribution is 2.50. The molecule has 0 unspecified atom stereocenters. The number of aromatic nitrogens is 2. The van der Waals surface area contributed by atoms with Crippen LogP contribution in [0.15, 0.2) is 18.7 Å². The predicted octanol–water partition coefficient (Wildman–Crippen LogP) is 0.823. The van der Waals surface area contributed by atoms with E-state index < -0.39 is 0 Å². The Kier molecular flexibility index (Phi) is 3.92. The van der Waals surface area contributed by atoms with Gasteiger partial charge in [-0.05, 0) is 51.6 Å². The third-order valence-corrected chi connectivity index (χ3v) is 6.41. The van der Waals surface area contributed by atoms with Gasteiger partial charge < -0.3 is 19.5 Å². The highest BCUT2D eigenvalue weighted by Gasteiger charge is 2.54. The van der Waals surface area contributed by atoms with E-state index in [2.05, 4.69) is 14.8 Å². The second-order valence-electron chi connectivity index (χ2n) is 8.32. The van der Waals surface area contributed by atoms with E-state index in [1.807, 2.05) is 24.9 Å². The van der Waals surface area contributed by atoms with Crippen molar-refractivity contribution in [2.75, 3.05) is 27.2 Å². The van der Waals surface area contributed by atoms with E-state index in [4.69, 9.17) is 0 Å². The summed E-state index contributed by atoms with van der Waals surface area (Å²) in [4.78, 5) is 21.4. The molecule has 3 fully saturated rings. The van der Waals surface area contributed by atoms with Crippen LogP contribution in [0.25, 0.3) is 0 Å². The number of aliphatic hydroxyl groups excluding tert-OH is 1. The largest absolute Gasteiger partial charge is 0.391 e. The number of aliphatic hydroxyl groups is 1. The van der Waals surface area contributed by atoms with Crippen molar-refractivity contribution in [2.24, 2.45) is 17.3 Å². The van der Waals surface area contributed by atoms with Crippen molar-refractivity contribution in [3.63, 3.8) is 0 Å². The van der Waals surface area contributed by atoms with Crippen molar-refractivity contribution >= 4 is 5.91 Å². The first-order valence-corrected chi connectivity index (χ1v) is 9.08. The zero-order chi connectivity index (χ0) is 16.9. The molecule has 1 N–H and O–H groups in total. The van der Waals surface area contributed by atoms with Crippen molar-refractivity contribution in [1.82, 2.24) is 19.4 Å². The van der Waals surface area contributed by atoms with Crippen molar-refractivity contribution in [3.05, 3.63) is 18.7 Å². The lowest BCUT2D eigenvalue weighted by molar-refractivity contribution is -0.136. The molecule has 2 aliphatic carbocycles. The molecule has 4 rings (SSSR count). The number of carbonyl (C=O) groups excluding carboxylic acids is 1. The quantitative estimate of drug-likeness (QED) is 0.887. The second kappa shape index (κ2) is 5.85. The van der Waals surface area contributed by atoms with Gasteiger partial charge in [0.25, 0.3) is 0 Å². The van der Waals surface area contributed by atoms with Gasteiger partial charge in [0, 0.05) is 38.1 Å². The van der Waals surface area contributed by atoms with Gasteiger partial charge in [-0.3, -0.25) is 4.79 Å². The fraction of sp³-hybridized carbons (Fsp3) is 0.778. The van der Waals surface area contributed by atoms with Crippen molar-refractivity contribution < 1.29 is 9.90 Å². The summed E-state index contributed by atoms with van der Waals surface area (Å²) in [5, 5.41) is 10.4. The molecule has 0 bridgehead atoms. The van der Waals surface area contributed by atoms with Crippen LogP contribution in [0.5, 0.6) is 0 Å². The summed E-state index contributed by atoms with van der Waals surface area (Å²) < 4.78 is 2.03. The Morgan fingerprint density at radius 2 is 2.00 bits per heavy atom. The monoisotopic (exact) mass is 332 g/mol. The first kappa shape index (κ1) is 16.1. The Morgan fingerprint density at radius 3 is 2.58 bits per heavy atom. The van der Waals surface area contributed by atoms with Gasteiger partial charge in [-0.2, -0.15) is 0 Å². The van der Waals surface area contributed by atoms with Crippen LogP contribution in [0.3, 0.4) is 0 Å². The smallest absolute Gasteiger partial charge is 0.230 e. The van der Waals surface area contributed by atoms with Gasteiger partial charge in [0.1, 0.15) is 0 Å². The first-order chi connectivity index (χ1) is 11.5. The molecular weight excluding hydrogens is 304 g/mol. The Balaban J connectivity index is 1.42. The van der Waals surface area contributed by atoms with Crippen molar-refractivity contribution in [3.8, 4) is 0 Å². The van der Waals surface area contributed by atoms with Gasteiger partial charge in [-0.1, -0.05) is 0 Å². The minimum absolute atomic E-state index is 0.201. The van der Waals surface area contributed by atoms with Crippen LogP contribution in [0.1, 0.15) is 25.7 Å². The lowest BCUT2D eigenvalue weighted by atomic mass is 9.77. The third kappa shape index (κ3) is 2.75. The highest BCUT2D eigenvalue weighted by atomic mass is 16.3. The molecule has 2 heterocycles. The molecule has 6 heteroatoms. The van der Waals surface area contributed by atoms with Crippen LogP contribution in [-0.4, -0.2) is 69.7 Å². The second-order valence-corrected chi connectivity index (χ2v) is 8.32. The van der Waals surface area contributed by atoms with Crippen LogP contribution in [0.2, 0.25) is 0 Å². The number of amides is 1. The molecule has 1 aromatic heterocycles. The Morgan fingerprint density at radius 1 is 1.29 bits per heavy atom. The number of fused-ring (bicyclic) bond motifs is 1. The van der Waals surface area contributed by atoms with E-state index in [-0.39, 0.29) is 17.6 Å². The van der Waals surface area contributed by atoms with Gasteiger partial charge in [0.2, 0.25) is 5.91 Å². The standard InChI is InChI=1S/C18H28N4O2/c1-20(2)15-7-13-9-22(10-14(13)8-16(15)23)17(24)18(3-4-18)11-21-6-5-19-12-21/h5-6,12-16,23H,3-4,7-11H2,1-2H3/t13-,14+,15-,16-/m1/s1. The lowest BCUT2D eigenvalue weighted by Gasteiger charge is -2.38. The molecule has 4 atom stereocenters. The Labute approximate surface area is 143 Å². The molecule has 0 aromatic carbocycles. The highest BCUT2D eigenvalue weighted by molar-refractivity contribution is 5.85. The number of hydrogen-bond donors (Lipinski definition) is 1. The number of rotatable bonds is 4. The van der Waals surface area contributed by atoms with Crippen LogP contribution < -0.4 is 0 Å². The Bertz CT molecular complexity index is 596. The number of imidazole rings is 1. The molecule has 0 radical (unpaired) electrons. The summed E-state index contributed by atoms with van der Waals surface area (Å²) in [5.74, 6) is 1.32. The average molecular weight is 332 g/mol. The van der Waals surface area contributed by atoms with Crippen LogP contribution in [-0.2, 0) is 11.3 Å². The van der Waals surface area contributed by atoms with E-state index >= 15 is 0 Å². The summed E-state index contributed by atoms with van der Waals surface area (Å²) >= 11 is 0. The van der Waals surface area contributed by atoms with Gasteiger partial charge in [0.15, 0.2) is 0 Å². The molecule has 3 aliphatic rings. The molecule has 6 nitrogen and oxygen atoms in total. The molecule has 1 aliphatic heterocycles. The normalized spacial score (nSPS) is 34.4. The summed E-state index contributed by atoms with van der Waals surface area (Å²) in [5.41, 5.74) is -0.201. The lowest BCUT2D eigenvalue weighted by Crippen LogP contribution is -2.46. The number of carbonyl (C=O) groups is 1. The van der Waals surface area contributed by atoms with E-state index in [0.29, 0.717) is 17.7 Å². The minimum Gasteiger partial charge on any atom is -0.391 e. The maximum Gasteiger partial charge on any atom is 0.230 e. The third-order valence-electron chi connectivity index (χ3n) is 6.41. The van der Waals surface area contributed by atoms with Gasteiger partial charge >= 0.3 is 0 Å². The molecule has 2 saturated carbocycles. The fourth-order valence-corrected chi connectivity index (χ4v) is 4.78. The summed E-state index contributed by atoms with van der Waals surface area (Å²) in [6.07, 6.45) is 9.04. The van der Waals surface area contributed by atoms with E-state index in [1.54, 1.807) is 12.5 Å². The topological polar surface area (TPSA) is 61.6 Å². The van der Waals surface area contributed by atoms with E-state index in [1.165, 1.54) is 0 Å². The zero-order valence-corrected chi connectivity index (χ0v) is 14.6. The molecule has 1 aromatic rings. The maximum absolute atomic E-state index is 13.1. The van der Waals surface area contributed by atoms with Crippen LogP contribution >= 0.6 is 0 Å². The van der Waals surface area contributed by atoms with Crippen molar-refractivity contribution in [2.45, 2.75) is 44.4 Å². The zero-order valence-electron chi connectivity index (χ0n) is 14.6. The number of likely N-dealkylation sites (N-methyl/N-ethyl adjacent to an activating group) is 1. The summed E-state index contributed by atoms with van der Waals surface area (Å²) in [7, 11) is 4.08. The van der Waals surface area contributed by atoms with Gasteiger partial charge in [0.05, 0.1) is 17.8 Å².